The molecule has 1 heterocycles. The molecule has 3 unspecified atom stereocenters. The number of amides is 2. The first kappa shape index (κ1) is 19.4. The van der Waals surface area contributed by atoms with E-state index in [-0.39, 0.29) is 30.2 Å². The highest BCUT2D eigenvalue weighted by Gasteiger charge is 2.31. The summed E-state index contributed by atoms with van der Waals surface area (Å²) in [4.78, 5) is 36.3. The molecule has 2 aliphatic rings. The monoisotopic (exact) mass is 372 g/mol. The number of hydrogen-bond donors (Lipinski definition) is 3. The van der Waals surface area contributed by atoms with E-state index in [1.807, 2.05) is 24.3 Å². The van der Waals surface area contributed by atoms with Crippen LogP contribution in [0.5, 0.6) is 0 Å². The number of hydrogen-bond acceptors (Lipinski definition) is 3. The number of carboxylic acids is 1. The number of rotatable bonds is 5. The van der Waals surface area contributed by atoms with E-state index in [2.05, 4.69) is 10.6 Å². The molecule has 2 amide bonds. The minimum absolute atomic E-state index is 0.0455. The Morgan fingerprint density at radius 3 is 2.63 bits per heavy atom. The van der Waals surface area contributed by atoms with E-state index in [1.165, 1.54) is 0 Å². The van der Waals surface area contributed by atoms with Gasteiger partial charge in [-0.1, -0.05) is 43.9 Å². The van der Waals surface area contributed by atoms with Gasteiger partial charge in [-0.3, -0.25) is 14.4 Å². The quantitative estimate of drug-likeness (QED) is 0.740. The molecule has 1 aliphatic carbocycles. The Bertz CT molecular complexity index is 703. The maximum atomic E-state index is 12.4. The summed E-state index contributed by atoms with van der Waals surface area (Å²) in [5, 5.41) is 15.3. The molecule has 0 radical (unpaired) electrons. The third-order valence-corrected chi connectivity index (χ3v) is 5.76. The zero-order valence-electron chi connectivity index (χ0n) is 15.6. The molecule has 3 N–H and O–H groups in total. The summed E-state index contributed by atoms with van der Waals surface area (Å²) in [6, 6.07) is 7.41. The summed E-state index contributed by atoms with van der Waals surface area (Å²) in [5.41, 5.74) is 1.94. The molecule has 1 aromatic carbocycles. The Hall–Kier alpha value is -2.37. The number of aliphatic carboxylic acids is 1. The van der Waals surface area contributed by atoms with E-state index in [1.54, 1.807) is 0 Å². The highest BCUT2D eigenvalue weighted by molar-refractivity contribution is 5.96. The second kappa shape index (κ2) is 9.02. The zero-order valence-corrected chi connectivity index (χ0v) is 15.6. The third-order valence-electron chi connectivity index (χ3n) is 5.76. The van der Waals surface area contributed by atoms with E-state index < -0.39 is 11.9 Å². The largest absolute Gasteiger partial charge is 0.481 e. The van der Waals surface area contributed by atoms with Crippen molar-refractivity contribution in [3.63, 3.8) is 0 Å². The molecule has 1 saturated carbocycles. The van der Waals surface area contributed by atoms with Crippen LogP contribution in [0.15, 0.2) is 24.3 Å². The SMILES string of the molecule is O=C(CCC1Cc2ccccc2NC1=O)NC1CCCCCCC1C(=O)O. The van der Waals surface area contributed by atoms with Crippen LogP contribution in [0.25, 0.3) is 0 Å². The minimum Gasteiger partial charge on any atom is -0.481 e. The number of anilines is 1. The first-order chi connectivity index (χ1) is 13.0. The van der Waals surface area contributed by atoms with Crippen LogP contribution in [0.4, 0.5) is 5.69 Å². The Balaban J connectivity index is 1.54. The highest BCUT2D eigenvalue weighted by Crippen LogP contribution is 2.28. The normalized spacial score (nSPS) is 25.5. The van der Waals surface area contributed by atoms with Gasteiger partial charge in [-0.15, -0.1) is 0 Å². The molecule has 27 heavy (non-hydrogen) atoms. The third kappa shape index (κ3) is 5.08. The summed E-state index contributed by atoms with van der Waals surface area (Å²) in [5.74, 6) is -1.77. The average Bonchev–Trinajstić information content (AvgIpc) is 2.62. The molecular weight excluding hydrogens is 344 g/mol. The van der Waals surface area contributed by atoms with E-state index in [0.29, 0.717) is 25.7 Å². The lowest BCUT2D eigenvalue weighted by molar-refractivity contribution is -0.143. The van der Waals surface area contributed by atoms with Gasteiger partial charge in [0.25, 0.3) is 0 Å². The van der Waals surface area contributed by atoms with Gasteiger partial charge in [0.2, 0.25) is 11.8 Å². The lowest BCUT2D eigenvalue weighted by Gasteiger charge is -2.28. The van der Waals surface area contributed by atoms with Crippen molar-refractivity contribution in [3.8, 4) is 0 Å². The Labute approximate surface area is 159 Å². The molecule has 0 spiro atoms. The first-order valence-electron chi connectivity index (χ1n) is 9.95. The van der Waals surface area contributed by atoms with Gasteiger partial charge >= 0.3 is 5.97 Å². The molecule has 3 rings (SSSR count). The number of carbonyl (C=O) groups excluding carboxylic acids is 2. The van der Waals surface area contributed by atoms with Crippen LogP contribution < -0.4 is 10.6 Å². The number of carboxylic acid groups (broad SMARTS) is 1. The highest BCUT2D eigenvalue weighted by atomic mass is 16.4. The van der Waals surface area contributed by atoms with Crippen molar-refractivity contribution in [1.82, 2.24) is 5.32 Å². The van der Waals surface area contributed by atoms with Crippen LogP contribution in [0.2, 0.25) is 0 Å². The van der Waals surface area contributed by atoms with Crippen molar-refractivity contribution in [1.29, 1.82) is 0 Å². The first-order valence-corrected chi connectivity index (χ1v) is 9.95. The minimum atomic E-state index is -0.828. The lowest BCUT2D eigenvalue weighted by atomic mass is 9.86. The number of benzene rings is 1. The molecule has 6 nitrogen and oxygen atoms in total. The predicted molar refractivity (Wildman–Crippen MR) is 102 cm³/mol. The Morgan fingerprint density at radius 2 is 1.85 bits per heavy atom. The van der Waals surface area contributed by atoms with Gasteiger partial charge in [0.05, 0.1) is 5.92 Å². The number of para-hydroxylation sites is 1. The summed E-state index contributed by atoms with van der Waals surface area (Å²) in [6.45, 7) is 0. The van der Waals surface area contributed by atoms with Crippen LogP contribution in [0, 0.1) is 11.8 Å². The van der Waals surface area contributed by atoms with Crippen molar-refractivity contribution >= 4 is 23.5 Å². The second-order valence-electron chi connectivity index (χ2n) is 7.70. The van der Waals surface area contributed by atoms with Crippen molar-refractivity contribution in [2.45, 2.75) is 63.8 Å². The number of carbonyl (C=O) groups is 3. The molecule has 1 aromatic rings. The van der Waals surface area contributed by atoms with Gasteiger partial charge in [0.1, 0.15) is 0 Å². The maximum Gasteiger partial charge on any atom is 0.308 e. The molecule has 6 heteroatoms. The van der Waals surface area contributed by atoms with Gasteiger partial charge in [0.15, 0.2) is 0 Å². The Kier molecular flexibility index (Phi) is 6.48. The van der Waals surface area contributed by atoms with E-state index >= 15 is 0 Å². The van der Waals surface area contributed by atoms with Crippen molar-refractivity contribution in [2.75, 3.05) is 5.32 Å². The van der Waals surface area contributed by atoms with E-state index in [0.717, 1.165) is 36.9 Å². The molecule has 0 bridgehead atoms. The van der Waals surface area contributed by atoms with Gasteiger partial charge in [0, 0.05) is 24.1 Å². The molecule has 0 saturated heterocycles. The van der Waals surface area contributed by atoms with Crippen LogP contribution in [-0.4, -0.2) is 28.9 Å². The molecule has 1 aliphatic heterocycles. The zero-order chi connectivity index (χ0) is 19.2. The molecule has 146 valence electrons. The molecule has 3 atom stereocenters. The smallest absolute Gasteiger partial charge is 0.308 e. The molecule has 1 fully saturated rings. The van der Waals surface area contributed by atoms with Gasteiger partial charge < -0.3 is 15.7 Å². The van der Waals surface area contributed by atoms with Crippen molar-refractivity contribution in [3.05, 3.63) is 29.8 Å². The lowest BCUT2D eigenvalue weighted by Crippen LogP contribution is -2.44. The average molecular weight is 372 g/mol. The van der Waals surface area contributed by atoms with Gasteiger partial charge in [-0.25, -0.2) is 0 Å². The fourth-order valence-corrected chi connectivity index (χ4v) is 4.18. The summed E-state index contributed by atoms with van der Waals surface area (Å²) < 4.78 is 0. The molecular formula is C21H28N2O4. The van der Waals surface area contributed by atoms with Gasteiger partial charge in [-0.2, -0.15) is 0 Å². The maximum absolute atomic E-state index is 12.4. The van der Waals surface area contributed by atoms with Crippen LogP contribution in [0.3, 0.4) is 0 Å². The van der Waals surface area contributed by atoms with Crippen LogP contribution in [-0.2, 0) is 20.8 Å². The van der Waals surface area contributed by atoms with Crippen molar-refractivity contribution in [2.24, 2.45) is 11.8 Å². The summed E-state index contributed by atoms with van der Waals surface area (Å²) in [7, 11) is 0. The summed E-state index contributed by atoms with van der Waals surface area (Å²) >= 11 is 0. The second-order valence-corrected chi connectivity index (χ2v) is 7.70. The van der Waals surface area contributed by atoms with Crippen LogP contribution in [0.1, 0.15) is 56.9 Å². The number of fused-ring (bicyclic) bond motifs is 1. The predicted octanol–water partition coefficient (Wildman–Crippen LogP) is 3.12. The number of nitrogens with one attached hydrogen (secondary N) is 2. The van der Waals surface area contributed by atoms with Crippen LogP contribution >= 0.6 is 0 Å². The topological polar surface area (TPSA) is 95.5 Å². The van der Waals surface area contributed by atoms with E-state index in [9.17, 15) is 19.5 Å². The standard InChI is InChI=1S/C21H28N2O4/c24-19(22-18-10-4-2-1-3-8-16(18)21(26)27)12-11-15-13-14-7-5-6-9-17(14)23-20(15)25/h5-7,9,15-16,18H,1-4,8,10-13H2,(H,22,24)(H,23,25)(H,26,27). The fourth-order valence-electron chi connectivity index (χ4n) is 4.18. The van der Waals surface area contributed by atoms with Crippen molar-refractivity contribution < 1.29 is 19.5 Å². The Morgan fingerprint density at radius 1 is 1.11 bits per heavy atom. The summed E-state index contributed by atoms with van der Waals surface area (Å²) in [6.07, 6.45) is 6.64. The fraction of sp³-hybridized carbons (Fsp3) is 0.571. The molecule has 0 aromatic heterocycles. The van der Waals surface area contributed by atoms with E-state index in [4.69, 9.17) is 0 Å². The van der Waals surface area contributed by atoms with Gasteiger partial charge in [-0.05, 0) is 37.3 Å².